The van der Waals surface area contributed by atoms with Crippen molar-refractivity contribution in [1.29, 1.82) is 0 Å². The maximum absolute atomic E-state index is 12.6. The predicted octanol–water partition coefficient (Wildman–Crippen LogP) is 2.87. The third-order valence-corrected chi connectivity index (χ3v) is 4.05. The average Bonchev–Trinajstić information content (AvgIpc) is 2.66. The number of carbonyl (C=O) groups is 2. The van der Waals surface area contributed by atoms with Gasteiger partial charge in [-0.3, -0.25) is 4.79 Å². The van der Waals surface area contributed by atoms with Crippen molar-refractivity contribution in [3.63, 3.8) is 0 Å². The summed E-state index contributed by atoms with van der Waals surface area (Å²) >= 11 is 6.14. The Bertz CT molecular complexity index is 779. The first-order chi connectivity index (χ1) is 12.5. The van der Waals surface area contributed by atoms with E-state index in [1.54, 1.807) is 0 Å². The molecule has 2 aromatic carbocycles. The lowest BCUT2D eigenvalue weighted by Gasteiger charge is -2.17. The van der Waals surface area contributed by atoms with Crippen LogP contribution in [-0.4, -0.2) is 39.2 Å². The number of hydrogen-bond acceptors (Lipinski definition) is 5. The molecule has 1 atom stereocenters. The minimum Gasteiger partial charge on any atom is -0.493 e. The molecular weight excluding hydrogens is 358 g/mol. The highest BCUT2D eigenvalue weighted by atomic mass is 35.5. The van der Waals surface area contributed by atoms with E-state index in [2.05, 4.69) is 5.32 Å². The molecule has 7 heteroatoms. The summed E-state index contributed by atoms with van der Waals surface area (Å²) in [6, 6.07) is 11.5. The van der Waals surface area contributed by atoms with Crippen LogP contribution >= 0.6 is 11.6 Å². The molecule has 2 rings (SSSR count). The Morgan fingerprint density at radius 2 is 1.77 bits per heavy atom. The van der Waals surface area contributed by atoms with Crippen LogP contribution in [0.15, 0.2) is 42.5 Å². The van der Waals surface area contributed by atoms with E-state index in [0.29, 0.717) is 17.9 Å². The van der Waals surface area contributed by atoms with Gasteiger partial charge in [0.2, 0.25) is 0 Å². The number of halogens is 1. The van der Waals surface area contributed by atoms with Crippen molar-refractivity contribution >= 4 is 23.5 Å². The molecule has 26 heavy (non-hydrogen) atoms. The quantitative estimate of drug-likeness (QED) is 0.751. The van der Waals surface area contributed by atoms with Crippen LogP contribution in [0.3, 0.4) is 0 Å². The zero-order chi connectivity index (χ0) is 19.1. The van der Waals surface area contributed by atoms with Crippen LogP contribution in [-0.2, 0) is 16.0 Å². The number of carbonyl (C=O) groups excluding carboxylic acids is 2. The summed E-state index contributed by atoms with van der Waals surface area (Å²) in [5, 5.41) is 2.91. The van der Waals surface area contributed by atoms with Gasteiger partial charge in [0.05, 0.1) is 26.4 Å². The number of nitrogens with one attached hydrogen (secondary N) is 1. The summed E-state index contributed by atoms with van der Waals surface area (Å²) in [4.78, 5) is 24.7. The molecule has 0 unspecified atom stereocenters. The molecule has 0 aliphatic heterocycles. The molecule has 6 nitrogen and oxygen atoms in total. The van der Waals surface area contributed by atoms with Gasteiger partial charge in [-0.1, -0.05) is 41.9 Å². The minimum absolute atomic E-state index is 0.231. The van der Waals surface area contributed by atoms with Crippen LogP contribution in [0.25, 0.3) is 0 Å². The maximum Gasteiger partial charge on any atom is 0.328 e. The first-order valence-corrected chi connectivity index (χ1v) is 8.22. The lowest BCUT2D eigenvalue weighted by atomic mass is 10.1. The van der Waals surface area contributed by atoms with Crippen LogP contribution in [0, 0.1) is 0 Å². The average molecular weight is 378 g/mol. The molecule has 0 spiro atoms. The van der Waals surface area contributed by atoms with Gasteiger partial charge >= 0.3 is 5.97 Å². The van der Waals surface area contributed by atoms with Crippen LogP contribution in [0.4, 0.5) is 0 Å². The van der Waals surface area contributed by atoms with Crippen molar-refractivity contribution in [3.05, 3.63) is 58.6 Å². The molecular formula is C19H20ClNO5. The van der Waals surface area contributed by atoms with E-state index in [4.69, 9.17) is 25.8 Å². The van der Waals surface area contributed by atoms with Crippen LogP contribution in [0.5, 0.6) is 11.5 Å². The number of ether oxygens (including phenoxy) is 3. The second kappa shape index (κ2) is 9.10. The molecule has 0 aliphatic carbocycles. The highest BCUT2D eigenvalue weighted by Gasteiger charge is 2.24. The van der Waals surface area contributed by atoms with Crippen LogP contribution in [0.1, 0.15) is 15.9 Å². The van der Waals surface area contributed by atoms with Crippen molar-refractivity contribution in [2.75, 3.05) is 21.3 Å². The minimum atomic E-state index is -0.832. The fourth-order valence-corrected chi connectivity index (χ4v) is 2.76. The molecule has 0 saturated heterocycles. The van der Waals surface area contributed by atoms with Crippen molar-refractivity contribution in [2.45, 2.75) is 12.5 Å². The second-order valence-electron chi connectivity index (χ2n) is 5.43. The number of methoxy groups -OCH3 is 3. The molecule has 0 bridgehead atoms. The molecule has 138 valence electrons. The molecule has 0 heterocycles. The van der Waals surface area contributed by atoms with Crippen molar-refractivity contribution < 1.29 is 23.8 Å². The van der Waals surface area contributed by atoms with Crippen LogP contribution in [0.2, 0.25) is 5.02 Å². The maximum atomic E-state index is 12.6. The highest BCUT2D eigenvalue weighted by Crippen LogP contribution is 2.36. The molecule has 1 amide bonds. The highest BCUT2D eigenvalue weighted by molar-refractivity contribution is 6.32. The predicted molar refractivity (Wildman–Crippen MR) is 98.0 cm³/mol. The Kier molecular flexibility index (Phi) is 6.86. The Morgan fingerprint density at radius 3 is 2.35 bits per heavy atom. The van der Waals surface area contributed by atoms with E-state index >= 15 is 0 Å². The van der Waals surface area contributed by atoms with Crippen molar-refractivity contribution in [1.82, 2.24) is 5.32 Å². The van der Waals surface area contributed by atoms with Crippen molar-refractivity contribution in [2.24, 2.45) is 0 Å². The van der Waals surface area contributed by atoms with E-state index in [9.17, 15) is 9.59 Å². The molecule has 0 aliphatic rings. The van der Waals surface area contributed by atoms with Gasteiger partial charge in [0.25, 0.3) is 5.91 Å². The largest absolute Gasteiger partial charge is 0.493 e. The van der Waals surface area contributed by atoms with E-state index in [-0.39, 0.29) is 10.6 Å². The summed E-state index contributed by atoms with van der Waals surface area (Å²) in [6.07, 6.45) is 0.306. The van der Waals surface area contributed by atoms with E-state index in [1.807, 2.05) is 30.3 Å². The van der Waals surface area contributed by atoms with Gasteiger partial charge < -0.3 is 19.5 Å². The number of amides is 1. The normalized spacial score (nSPS) is 11.4. The smallest absolute Gasteiger partial charge is 0.328 e. The van der Waals surface area contributed by atoms with Crippen LogP contribution < -0.4 is 14.8 Å². The monoisotopic (exact) mass is 377 g/mol. The van der Waals surface area contributed by atoms with Gasteiger partial charge in [0.15, 0.2) is 11.5 Å². The molecule has 1 N–H and O–H groups in total. The van der Waals surface area contributed by atoms with Gasteiger partial charge in [-0.15, -0.1) is 0 Å². The zero-order valence-electron chi connectivity index (χ0n) is 14.7. The molecule has 0 saturated carbocycles. The lowest BCUT2D eigenvalue weighted by Crippen LogP contribution is -2.43. The van der Waals surface area contributed by atoms with Crippen molar-refractivity contribution in [3.8, 4) is 11.5 Å². The topological polar surface area (TPSA) is 73.9 Å². The number of rotatable bonds is 7. The first kappa shape index (κ1) is 19.6. The Labute approximate surface area is 157 Å². The third-order valence-electron chi connectivity index (χ3n) is 3.77. The summed E-state index contributed by atoms with van der Waals surface area (Å²) in [5.41, 5.74) is 1.14. The first-order valence-electron chi connectivity index (χ1n) is 7.84. The Balaban J connectivity index is 2.24. The van der Waals surface area contributed by atoms with Gasteiger partial charge in [0.1, 0.15) is 6.04 Å². The second-order valence-corrected chi connectivity index (χ2v) is 5.84. The third kappa shape index (κ3) is 4.67. The van der Waals surface area contributed by atoms with E-state index in [0.717, 1.165) is 5.56 Å². The van der Waals surface area contributed by atoms with Gasteiger partial charge in [-0.05, 0) is 17.7 Å². The summed E-state index contributed by atoms with van der Waals surface area (Å²) in [7, 11) is 4.18. The van der Waals surface area contributed by atoms with E-state index in [1.165, 1.54) is 33.5 Å². The van der Waals surface area contributed by atoms with E-state index < -0.39 is 17.9 Å². The number of esters is 1. The van der Waals surface area contributed by atoms with Gasteiger partial charge in [-0.2, -0.15) is 0 Å². The number of hydrogen-bond donors (Lipinski definition) is 1. The Hall–Kier alpha value is -2.73. The standard InChI is InChI=1S/C19H20ClNO5/c1-24-16-11-13(10-14(20)17(16)25-2)18(22)21-15(19(23)26-3)9-12-7-5-4-6-8-12/h4-8,10-11,15H,9H2,1-3H3,(H,21,22)/t15-/m1/s1. The van der Waals surface area contributed by atoms with Gasteiger partial charge in [-0.25, -0.2) is 4.79 Å². The van der Waals surface area contributed by atoms with Gasteiger partial charge in [0, 0.05) is 12.0 Å². The molecule has 2 aromatic rings. The Morgan fingerprint density at radius 1 is 1.08 bits per heavy atom. The molecule has 0 aromatic heterocycles. The molecule has 0 fully saturated rings. The fourth-order valence-electron chi connectivity index (χ4n) is 2.48. The molecule has 0 radical (unpaired) electrons. The SMILES string of the molecule is COC(=O)[C@@H](Cc1ccccc1)NC(=O)c1cc(Cl)c(OC)c(OC)c1. The number of benzene rings is 2. The zero-order valence-corrected chi connectivity index (χ0v) is 15.5. The lowest BCUT2D eigenvalue weighted by molar-refractivity contribution is -0.142. The summed E-state index contributed by atoms with van der Waals surface area (Å²) in [5.74, 6) is -0.352. The summed E-state index contributed by atoms with van der Waals surface area (Å²) < 4.78 is 15.2. The summed E-state index contributed by atoms with van der Waals surface area (Å²) in [6.45, 7) is 0. The fraction of sp³-hybridized carbons (Fsp3) is 0.263.